The third kappa shape index (κ3) is 3.73. The second-order valence-electron chi connectivity index (χ2n) is 5.06. The van der Waals surface area contributed by atoms with Crippen LogP contribution in [0, 0.1) is 11.3 Å². The van der Waals surface area contributed by atoms with E-state index in [2.05, 4.69) is 6.07 Å². The van der Waals surface area contributed by atoms with Crippen molar-refractivity contribution >= 4 is 17.2 Å². The van der Waals surface area contributed by atoms with Gasteiger partial charge >= 0.3 is 0 Å². The molecule has 1 aromatic heterocycles. The van der Waals surface area contributed by atoms with Crippen molar-refractivity contribution in [3.05, 3.63) is 57.8 Å². The highest BCUT2D eigenvalue weighted by Crippen LogP contribution is 2.22. The van der Waals surface area contributed by atoms with Gasteiger partial charge in [0.2, 0.25) is 0 Å². The minimum atomic E-state index is -0.156. The van der Waals surface area contributed by atoms with Gasteiger partial charge in [-0.25, -0.2) is 0 Å². The van der Waals surface area contributed by atoms with Gasteiger partial charge < -0.3 is 10.0 Å². The molecule has 1 amide bonds. The lowest BCUT2D eigenvalue weighted by Gasteiger charge is -2.29. The molecule has 4 nitrogen and oxygen atoms in total. The van der Waals surface area contributed by atoms with E-state index in [1.807, 2.05) is 37.3 Å². The van der Waals surface area contributed by atoms with Gasteiger partial charge in [0, 0.05) is 19.2 Å². The van der Waals surface area contributed by atoms with Crippen LogP contribution < -0.4 is 0 Å². The van der Waals surface area contributed by atoms with E-state index in [1.54, 1.807) is 16.3 Å². The van der Waals surface area contributed by atoms with Crippen LogP contribution in [0.3, 0.4) is 0 Å². The van der Waals surface area contributed by atoms with Crippen LogP contribution in [0.25, 0.3) is 0 Å². The first-order chi connectivity index (χ1) is 10.7. The summed E-state index contributed by atoms with van der Waals surface area (Å²) in [6.45, 7) is 2.40. The summed E-state index contributed by atoms with van der Waals surface area (Å²) in [5, 5.41) is 20.0. The van der Waals surface area contributed by atoms with E-state index in [0.29, 0.717) is 23.4 Å². The van der Waals surface area contributed by atoms with Crippen molar-refractivity contribution < 1.29 is 9.90 Å². The van der Waals surface area contributed by atoms with Gasteiger partial charge in [-0.3, -0.25) is 4.79 Å². The molecule has 5 heteroatoms. The summed E-state index contributed by atoms with van der Waals surface area (Å²) in [5.41, 5.74) is 1.43. The molecule has 1 N–H and O–H groups in total. The Hall–Kier alpha value is -2.16. The predicted molar refractivity (Wildman–Crippen MR) is 86.5 cm³/mol. The second-order valence-corrected chi connectivity index (χ2v) is 5.97. The number of aliphatic hydroxyl groups excluding tert-OH is 1. The Kier molecular flexibility index (Phi) is 5.70. The standard InChI is InChI=1S/C17H18N2O2S/c1-13(7-9-20)19(12-14-5-3-2-4-6-14)17(21)16-15(11-18)8-10-22-16/h2-6,8,10,13,20H,7,9,12H2,1H3. The summed E-state index contributed by atoms with van der Waals surface area (Å²) in [6.07, 6.45) is 0.506. The Morgan fingerprint density at radius 1 is 1.36 bits per heavy atom. The van der Waals surface area contributed by atoms with Gasteiger partial charge in [-0.2, -0.15) is 5.26 Å². The van der Waals surface area contributed by atoms with Gasteiger partial charge in [0.05, 0.1) is 5.56 Å². The van der Waals surface area contributed by atoms with E-state index in [-0.39, 0.29) is 18.6 Å². The van der Waals surface area contributed by atoms with Crippen molar-refractivity contribution in [1.29, 1.82) is 5.26 Å². The largest absolute Gasteiger partial charge is 0.396 e. The highest BCUT2D eigenvalue weighted by molar-refractivity contribution is 7.12. The molecule has 0 saturated heterocycles. The minimum Gasteiger partial charge on any atom is -0.396 e. The van der Waals surface area contributed by atoms with Crippen molar-refractivity contribution in [3.63, 3.8) is 0 Å². The highest BCUT2D eigenvalue weighted by atomic mass is 32.1. The second kappa shape index (κ2) is 7.74. The number of rotatable bonds is 6. The fraction of sp³-hybridized carbons (Fsp3) is 0.294. The summed E-state index contributed by atoms with van der Waals surface area (Å²) >= 11 is 1.28. The molecule has 0 spiro atoms. The van der Waals surface area contributed by atoms with Crippen molar-refractivity contribution in [2.75, 3.05) is 6.61 Å². The molecule has 0 aliphatic heterocycles. The molecule has 1 heterocycles. The minimum absolute atomic E-state index is 0.0231. The third-order valence-electron chi connectivity index (χ3n) is 3.52. The molecule has 1 unspecified atom stereocenters. The lowest BCUT2D eigenvalue weighted by molar-refractivity contribution is 0.0653. The third-order valence-corrected chi connectivity index (χ3v) is 4.42. The molecule has 0 aliphatic carbocycles. The maximum atomic E-state index is 12.8. The van der Waals surface area contributed by atoms with Crippen molar-refractivity contribution in [2.24, 2.45) is 0 Å². The van der Waals surface area contributed by atoms with Crippen LogP contribution in [0.4, 0.5) is 0 Å². The molecular formula is C17H18N2O2S. The average molecular weight is 314 g/mol. The summed E-state index contributed by atoms with van der Waals surface area (Å²) in [4.78, 5) is 15.0. The number of thiophene rings is 1. The van der Waals surface area contributed by atoms with Gasteiger partial charge in [-0.15, -0.1) is 11.3 Å². The summed E-state index contributed by atoms with van der Waals surface area (Å²) in [7, 11) is 0. The number of nitriles is 1. The van der Waals surface area contributed by atoms with E-state index in [1.165, 1.54) is 11.3 Å². The maximum Gasteiger partial charge on any atom is 0.265 e. The number of hydrogen-bond acceptors (Lipinski definition) is 4. The first-order valence-corrected chi connectivity index (χ1v) is 7.98. The Balaban J connectivity index is 2.28. The monoisotopic (exact) mass is 314 g/mol. The zero-order valence-corrected chi connectivity index (χ0v) is 13.2. The molecule has 114 valence electrons. The number of hydrogen-bond donors (Lipinski definition) is 1. The number of aliphatic hydroxyl groups is 1. The lowest BCUT2D eigenvalue weighted by Crippen LogP contribution is -2.38. The number of carbonyl (C=O) groups is 1. The van der Waals surface area contributed by atoms with Crippen LogP contribution in [0.1, 0.15) is 34.1 Å². The van der Waals surface area contributed by atoms with Gasteiger partial charge in [-0.1, -0.05) is 30.3 Å². The molecule has 1 aromatic carbocycles. The van der Waals surface area contributed by atoms with E-state index in [9.17, 15) is 9.90 Å². The van der Waals surface area contributed by atoms with E-state index < -0.39 is 0 Å². The first-order valence-electron chi connectivity index (χ1n) is 7.10. The summed E-state index contributed by atoms with van der Waals surface area (Å²) < 4.78 is 0. The van der Waals surface area contributed by atoms with Gasteiger partial charge in [0.25, 0.3) is 5.91 Å². The SMILES string of the molecule is CC(CCO)N(Cc1ccccc1)C(=O)c1sccc1C#N. The quantitative estimate of drug-likeness (QED) is 0.891. The highest BCUT2D eigenvalue weighted by Gasteiger charge is 2.24. The van der Waals surface area contributed by atoms with E-state index >= 15 is 0 Å². The molecule has 2 rings (SSSR count). The fourth-order valence-corrected chi connectivity index (χ4v) is 3.04. The molecule has 0 fully saturated rings. The topological polar surface area (TPSA) is 64.3 Å². The van der Waals surface area contributed by atoms with Crippen molar-refractivity contribution in [1.82, 2.24) is 4.90 Å². The Bertz CT molecular complexity index is 661. The normalized spacial score (nSPS) is 11.7. The maximum absolute atomic E-state index is 12.8. The van der Waals surface area contributed by atoms with E-state index in [0.717, 1.165) is 5.56 Å². The zero-order chi connectivity index (χ0) is 15.9. The summed E-state index contributed by atoms with van der Waals surface area (Å²) in [6, 6.07) is 13.3. The van der Waals surface area contributed by atoms with Gasteiger partial charge in [0.1, 0.15) is 10.9 Å². The van der Waals surface area contributed by atoms with E-state index in [4.69, 9.17) is 5.26 Å². The predicted octanol–water partition coefficient (Wildman–Crippen LogP) is 3.03. The lowest BCUT2D eigenvalue weighted by atomic mass is 10.1. The Labute approximate surface area is 134 Å². The number of benzene rings is 1. The van der Waals surface area contributed by atoms with Crippen LogP contribution >= 0.6 is 11.3 Å². The van der Waals surface area contributed by atoms with Gasteiger partial charge in [-0.05, 0) is 30.4 Å². The van der Waals surface area contributed by atoms with Crippen molar-refractivity contribution in [2.45, 2.75) is 25.9 Å². The zero-order valence-electron chi connectivity index (χ0n) is 12.4. The Morgan fingerprint density at radius 3 is 2.73 bits per heavy atom. The van der Waals surface area contributed by atoms with Crippen LogP contribution in [0.15, 0.2) is 41.8 Å². The average Bonchev–Trinajstić information content (AvgIpc) is 3.01. The molecule has 0 aliphatic rings. The molecule has 22 heavy (non-hydrogen) atoms. The summed E-state index contributed by atoms with van der Waals surface area (Å²) in [5.74, 6) is -0.156. The smallest absolute Gasteiger partial charge is 0.265 e. The number of amides is 1. The first kappa shape index (κ1) is 16.2. The number of carbonyl (C=O) groups excluding carboxylic acids is 1. The number of nitrogens with zero attached hydrogens (tertiary/aromatic N) is 2. The van der Waals surface area contributed by atoms with Crippen LogP contribution in [-0.4, -0.2) is 28.6 Å². The molecule has 2 aromatic rings. The molecular weight excluding hydrogens is 296 g/mol. The molecule has 0 bridgehead atoms. The molecule has 0 radical (unpaired) electrons. The Morgan fingerprint density at radius 2 is 2.09 bits per heavy atom. The van der Waals surface area contributed by atoms with Crippen LogP contribution in [0.2, 0.25) is 0 Å². The van der Waals surface area contributed by atoms with Crippen LogP contribution in [0.5, 0.6) is 0 Å². The molecule has 0 saturated carbocycles. The molecule has 1 atom stereocenters. The fourth-order valence-electron chi connectivity index (χ4n) is 2.24. The van der Waals surface area contributed by atoms with Crippen molar-refractivity contribution in [3.8, 4) is 6.07 Å². The van der Waals surface area contributed by atoms with Gasteiger partial charge in [0.15, 0.2) is 0 Å². The van der Waals surface area contributed by atoms with Crippen LogP contribution in [-0.2, 0) is 6.54 Å².